The first kappa shape index (κ1) is 13.1. The first-order valence-electron chi connectivity index (χ1n) is 7.08. The van der Waals surface area contributed by atoms with Gasteiger partial charge in [-0.2, -0.15) is 0 Å². The summed E-state index contributed by atoms with van der Waals surface area (Å²) in [7, 11) is 1.83. The van der Waals surface area contributed by atoms with E-state index in [1.807, 2.05) is 19.2 Å². The van der Waals surface area contributed by atoms with Gasteiger partial charge in [-0.3, -0.25) is 19.5 Å². The first-order chi connectivity index (χ1) is 9.60. The Kier molecular flexibility index (Phi) is 3.20. The number of rotatable bonds is 3. The summed E-state index contributed by atoms with van der Waals surface area (Å²) in [6.07, 6.45) is 3.38. The molecule has 1 saturated carbocycles. The first-order valence-corrected chi connectivity index (χ1v) is 7.08. The summed E-state index contributed by atoms with van der Waals surface area (Å²) in [6.45, 7) is 2.40. The number of hydrogen-bond donors (Lipinski definition) is 1. The maximum Gasteiger partial charge on any atom is 0.233 e. The number of anilines is 1. The zero-order chi connectivity index (χ0) is 14.3. The molecule has 2 heterocycles. The van der Waals surface area contributed by atoms with Crippen LogP contribution in [0.2, 0.25) is 0 Å². The van der Waals surface area contributed by atoms with E-state index < -0.39 is 0 Å². The third-order valence-corrected chi connectivity index (χ3v) is 4.39. The molecule has 2 fully saturated rings. The molecule has 2 unspecified atom stereocenters. The Morgan fingerprint density at radius 1 is 1.30 bits per heavy atom. The lowest BCUT2D eigenvalue weighted by Crippen LogP contribution is -2.32. The van der Waals surface area contributed by atoms with Gasteiger partial charge in [0.05, 0.1) is 24.1 Å². The number of likely N-dealkylation sites (tertiary alicyclic amines) is 1. The zero-order valence-corrected chi connectivity index (χ0v) is 11.8. The lowest BCUT2D eigenvalue weighted by molar-refractivity contribution is -0.141. The highest BCUT2D eigenvalue weighted by Crippen LogP contribution is 2.43. The van der Waals surface area contributed by atoms with Crippen LogP contribution in [-0.2, 0) is 16.1 Å². The molecule has 1 aliphatic heterocycles. The molecule has 1 aromatic heterocycles. The summed E-state index contributed by atoms with van der Waals surface area (Å²) in [4.78, 5) is 30.4. The van der Waals surface area contributed by atoms with Crippen LogP contribution >= 0.6 is 0 Å². The summed E-state index contributed by atoms with van der Waals surface area (Å²) in [6, 6.07) is 3.73. The fourth-order valence-corrected chi connectivity index (χ4v) is 3.38. The Morgan fingerprint density at radius 3 is 2.55 bits per heavy atom. The number of aromatic nitrogens is 1. The van der Waals surface area contributed by atoms with Crippen molar-refractivity contribution < 1.29 is 9.59 Å². The number of pyridine rings is 1. The molecule has 0 radical (unpaired) electrons. The lowest BCUT2D eigenvalue weighted by Gasteiger charge is -2.16. The number of nitrogens with zero attached hydrogens (tertiary/aromatic N) is 2. The van der Waals surface area contributed by atoms with Crippen LogP contribution in [-0.4, -0.2) is 28.7 Å². The Labute approximate surface area is 118 Å². The lowest BCUT2D eigenvalue weighted by atomic mass is 10.00. The zero-order valence-electron chi connectivity index (χ0n) is 11.8. The van der Waals surface area contributed by atoms with Crippen LogP contribution in [0.5, 0.6) is 0 Å². The molecule has 5 heteroatoms. The maximum absolute atomic E-state index is 12.4. The molecule has 2 aliphatic rings. The van der Waals surface area contributed by atoms with Gasteiger partial charge in [-0.05, 0) is 30.9 Å². The molecule has 1 saturated heterocycles. The normalized spacial score (nSPS) is 28.9. The van der Waals surface area contributed by atoms with Crippen LogP contribution in [0.1, 0.15) is 25.5 Å². The number of amides is 2. The van der Waals surface area contributed by atoms with Gasteiger partial charge < -0.3 is 5.32 Å². The minimum atomic E-state index is -0.0926. The van der Waals surface area contributed by atoms with Gasteiger partial charge in [-0.1, -0.05) is 6.92 Å². The molecule has 0 bridgehead atoms. The third-order valence-electron chi connectivity index (χ3n) is 4.39. The standard InChI is InChI=1S/C15H19N3O2/c1-9-5-12-13(6-9)15(20)18(14(12)19)8-11-7-10(16-2)3-4-17-11/h3-4,7,9,12-13H,5-6,8H2,1-2H3,(H,16,17). The van der Waals surface area contributed by atoms with Gasteiger partial charge in [0.25, 0.3) is 0 Å². The molecular formula is C15H19N3O2. The predicted octanol–water partition coefficient (Wildman–Crippen LogP) is 1.65. The average molecular weight is 273 g/mol. The monoisotopic (exact) mass is 273 g/mol. The number of nitrogens with one attached hydrogen (secondary N) is 1. The van der Waals surface area contributed by atoms with Crippen LogP contribution in [0.15, 0.2) is 18.3 Å². The predicted molar refractivity (Wildman–Crippen MR) is 74.7 cm³/mol. The summed E-state index contributed by atoms with van der Waals surface area (Å²) in [5.41, 5.74) is 1.68. The number of carbonyl (C=O) groups excluding carboxylic acids is 2. The van der Waals surface area contributed by atoms with Crippen molar-refractivity contribution in [3.63, 3.8) is 0 Å². The molecule has 1 N–H and O–H groups in total. The molecule has 0 spiro atoms. The van der Waals surface area contributed by atoms with Crippen molar-refractivity contribution in [3.8, 4) is 0 Å². The molecule has 20 heavy (non-hydrogen) atoms. The summed E-state index contributed by atoms with van der Waals surface area (Å²) < 4.78 is 0. The van der Waals surface area contributed by atoms with Crippen LogP contribution in [0.25, 0.3) is 0 Å². The molecule has 1 aliphatic carbocycles. The van der Waals surface area contributed by atoms with E-state index in [0.29, 0.717) is 5.92 Å². The molecular weight excluding hydrogens is 254 g/mol. The maximum atomic E-state index is 12.4. The van der Waals surface area contributed by atoms with Crippen molar-refractivity contribution in [3.05, 3.63) is 24.0 Å². The van der Waals surface area contributed by atoms with Crippen LogP contribution < -0.4 is 5.32 Å². The van der Waals surface area contributed by atoms with Crippen LogP contribution in [0.3, 0.4) is 0 Å². The van der Waals surface area contributed by atoms with E-state index in [9.17, 15) is 9.59 Å². The second kappa shape index (κ2) is 4.89. The van der Waals surface area contributed by atoms with E-state index in [4.69, 9.17) is 0 Å². The van der Waals surface area contributed by atoms with Gasteiger partial charge in [0.15, 0.2) is 0 Å². The molecule has 106 valence electrons. The highest BCUT2D eigenvalue weighted by Gasteiger charge is 2.51. The molecule has 5 nitrogen and oxygen atoms in total. The smallest absolute Gasteiger partial charge is 0.233 e. The molecule has 3 rings (SSSR count). The third kappa shape index (κ3) is 2.07. The highest BCUT2D eigenvalue weighted by atomic mass is 16.2. The Hall–Kier alpha value is -1.91. The van der Waals surface area contributed by atoms with E-state index in [1.165, 1.54) is 4.90 Å². The van der Waals surface area contributed by atoms with Gasteiger partial charge in [0.2, 0.25) is 11.8 Å². The quantitative estimate of drug-likeness (QED) is 0.851. The topological polar surface area (TPSA) is 62.3 Å². The molecule has 1 aromatic rings. The van der Waals surface area contributed by atoms with Crippen molar-refractivity contribution in [1.29, 1.82) is 0 Å². The minimum Gasteiger partial charge on any atom is -0.388 e. The van der Waals surface area contributed by atoms with E-state index in [2.05, 4.69) is 17.2 Å². The van der Waals surface area contributed by atoms with Crippen molar-refractivity contribution in [2.75, 3.05) is 12.4 Å². The number of imide groups is 1. The van der Waals surface area contributed by atoms with Crippen molar-refractivity contribution >= 4 is 17.5 Å². The minimum absolute atomic E-state index is 0.0130. The Balaban J connectivity index is 1.78. The van der Waals surface area contributed by atoms with Gasteiger partial charge in [-0.15, -0.1) is 0 Å². The van der Waals surface area contributed by atoms with E-state index in [-0.39, 0.29) is 30.2 Å². The average Bonchev–Trinajstić information content (AvgIpc) is 2.93. The summed E-state index contributed by atoms with van der Waals surface area (Å²) >= 11 is 0. The fraction of sp³-hybridized carbons (Fsp3) is 0.533. The number of carbonyl (C=O) groups is 2. The van der Waals surface area contributed by atoms with E-state index >= 15 is 0 Å². The largest absolute Gasteiger partial charge is 0.388 e. The number of hydrogen-bond acceptors (Lipinski definition) is 4. The molecule has 2 amide bonds. The van der Waals surface area contributed by atoms with Gasteiger partial charge in [0.1, 0.15) is 0 Å². The second-order valence-corrected chi connectivity index (χ2v) is 5.84. The summed E-state index contributed by atoms with van der Waals surface area (Å²) in [5, 5.41) is 3.03. The van der Waals surface area contributed by atoms with Gasteiger partial charge in [-0.25, -0.2) is 0 Å². The number of fused-ring (bicyclic) bond motifs is 1. The van der Waals surface area contributed by atoms with Gasteiger partial charge in [0, 0.05) is 18.9 Å². The van der Waals surface area contributed by atoms with E-state index in [0.717, 1.165) is 24.2 Å². The SMILES string of the molecule is CNc1ccnc(CN2C(=O)C3CC(C)CC3C2=O)c1. The van der Waals surface area contributed by atoms with Crippen molar-refractivity contribution in [2.45, 2.75) is 26.3 Å². The van der Waals surface area contributed by atoms with Crippen LogP contribution in [0.4, 0.5) is 5.69 Å². The Bertz CT molecular complexity index is 534. The fourth-order valence-electron chi connectivity index (χ4n) is 3.38. The van der Waals surface area contributed by atoms with Crippen molar-refractivity contribution in [1.82, 2.24) is 9.88 Å². The Morgan fingerprint density at radius 2 is 1.95 bits per heavy atom. The molecule has 0 aromatic carbocycles. The van der Waals surface area contributed by atoms with Crippen LogP contribution in [0, 0.1) is 17.8 Å². The second-order valence-electron chi connectivity index (χ2n) is 5.84. The highest BCUT2D eigenvalue weighted by molar-refractivity contribution is 6.05. The van der Waals surface area contributed by atoms with E-state index in [1.54, 1.807) is 6.20 Å². The summed E-state index contributed by atoms with van der Waals surface area (Å²) in [5.74, 6) is 0.266. The van der Waals surface area contributed by atoms with Crippen molar-refractivity contribution in [2.24, 2.45) is 17.8 Å². The van der Waals surface area contributed by atoms with Gasteiger partial charge >= 0.3 is 0 Å². The molecule has 2 atom stereocenters.